The molecule has 11 nitrogen and oxygen atoms in total. The highest BCUT2D eigenvalue weighted by Crippen LogP contribution is 2.36. The van der Waals surface area contributed by atoms with Crippen LogP contribution in [-0.2, 0) is 47.8 Å². The molecule has 0 N–H and O–H groups in total. The third-order valence-corrected chi connectivity index (χ3v) is 11.2. The molecule has 0 aromatic carbocycles. The number of carbonyl (C=O) groups excluding carboxylic acids is 6. The molecule has 11 heteroatoms. The summed E-state index contributed by atoms with van der Waals surface area (Å²) < 4.78 is 16.1. The highest BCUT2D eigenvalue weighted by molar-refractivity contribution is 6.04. The van der Waals surface area contributed by atoms with Gasteiger partial charge in [-0.1, -0.05) is 168 Å². The highest BCUT2D eigenvalue weighted by Gasteiger charge is 2.50. The third-order valence-electron chi connectivity index (χ3n) is 11.2. The van der Waals surface area contributed by atoms with Crippen molar-refractivity contribution in [1.29, 1.82) is 0 Å². The van der Waals surface area contributed by atoms with Crippen LogP contribution in [0.1, 0.15) is 239 Å². The van der Waals surface area contributed by atoms with Gasteiger partial charge in [0.15, 0.2) is 5.41 Å². The Bertz CT molecular complexity index is 1060. The second-order valence-corrected chi connectivity index (χ2v) is 16.5. The van der Waals surface area contributed by atoms with E-state index in [1.165, 1.54) is 25.7 Å². The maximum Gasteiger partial charge on any atom is 0.350 e. The summed E-state index contributed by atoms with van der Waals surface area (Å²) >= 11 is 0. The van der Waals surface area contributed by atoms with E-state index in [0.717, 1.165) is 135 Å². The number of carbonyl (C=O) groups is 6. The van der Waals surface area contributed by atoms with Crippen LogP contribution >= 0.6 is 0 Å². The van der Waals surface area contributed by atoms with Crippen molar-refractivity contribution >= 4 is 35.7 Å². The van der Waals surface area contributed by atoms with E-state index in [2.05, 4.69) is 13.8 Å². The Hall–Kier alpha value is -2.98. The van der Waals surface area contributed by atoms with Crippen molar-refractivity contribution < 1.29 is 47.8 Å². The third kappa shape index (κ3) is 25.5. The van der Waals surface area contributed by atoms with Gasteiger partial charge in [-0.05, 0) is 44.9 Å². The number of esters is 3. The van der Waals surface area contributed by atoms with Crippen molar-refractivity contribution in [3.8, 4) is 0 Å². The number of amides is 2. The molecule has 0 saturated carbocycles. The molecule has 0 unspecified atom stereocenters. The number of nitrogens with zero attached hydrogens (tertiary/aromatic N) is 1. The Morgan fingerprint density at radius 2 is 0.741 bits per heavy atom. The van der Waals surface area contributed by atoms with E-state index >= 15 is 0 Å². The Kier molecular flexibility index (Phi) is 32.8. The van der Waals surface area contributed by atoms with Crippen molar-refractivity contribution in [2.45, 2.75) is 239 Å². The molecule has 1 rings (SSSR count). The number of rotatable bonds is 40. The SMILES string of the molecule is CCCCOC(=O)CCCCCCCCCCCCCC(CCCCCCCCCCCCCC(=O)OCCCC)(C(=O)OCCCC)C(=O)ON1C(=O)CCC1=O. The standard InChI is InChI=1S/C47H83NO10/c1-4-7-38-55-43(51)32-28-24-20-16-12-10-14-18-22-26-30-36-47(45(53)57-40-9-6-3,46(54)58-48-41(49)34-35-42(48)50)37-31-27-23-19-15-11-13-17-21-25-29-33-44(52)56-39-8-5-2/h4-40H2,1-3H3. The summed E-state index contributed by atoms with van der Waals surface area (Å²) in [7, 11) is 0. The van der Waals surface area contributed by atoms with Crippen LogP contribution in [0.25, 0.3) is 0 Å². The first kappa shape index (κ1) is 53.0. The van der Waals surface area contributed by atoms with E-state index in [4.69, 9.17) is 19.0 Å². The van der Waals surface area contributed by atoms with Gasteiger partial charge in [-0.2, -0.15) is 0 Å². The van der Waals surface area contributed by atoms with Crippen molar-refractivity contribution in [1.82, 2.24) is 5.06 Å². The topological polar surface area (TPSA) is 143 Å². The van der Waals surface area contributed by atoms with Crippen LogP contribution in [0.2, 0.25) is 0 Å². The first-order valence-electron chi connectivity index (χ1n) is 23.8. The van der Waals surface area contributed by atoms with Gasteiger partial charge in [-0.15, -0.1) is 5.06 Å². The number of imide groups is 1. The fourth-order valence-electron chi connectivity index (χ4n) is 7.27. The number of hydroxylamine groups is 2. The minimum atomic E-state index is -1.56. The molecule has 0 aliphatic carbocycles. The van der Waals surface area contributed by atoms with Gasteiger partial charge in [0.05, 0.1) is 19.8 Å². The van der Waals surface area contributed by atoms with Gasteiger partial charge in [0.25, 0.3) is 11.8 Å². The fourth-order valence-corrected chi connectivity index (χ4v) is 7.27. The molecule has 1 saturated heterocycles. The van der Waals surface area contributed by atoms with Gasteiger partial charge >= 0.3 is 23.9 Å². The molecule has 0 atom stereocenters. The van der Waals surface area contributed by atoms with Crippen LogP contribution in [0.15, 0.2) is 0 Å². The number of hydrogen-bond acceptors (Lipinski definition) is 10. The Balaban J connectivity index is 2.52. The van der Waals surface area contributed by atoms with Crippen LogP contribution < -0.4 is 0 Å². The molecular weight excluding hydrogens is 739 g/mol. The van der Waals surface area contributed by atoms with Gasteiger partial charge < -0.3 is 19.0 Å². The molecule has 1 aliphatic heterocycles. The van der Waals surface area contributed by atoms with Gasteiger partial charge in [0, 0.05) is 25.7 Å². The number of ether oxygens (including phenoxy) is 3. The predicted molar refractivity (Wildman–Crippen MR) is 227 cm³/mol. The second kappa shape index (κ2) is 35.9. The molecule has 0 radical (unpaired) electrons. The summed E-state index contributed by atoms with van der Waals surface area (Å²) in [5.41, 5.74) is -1.56. The maximum atomic E-state index is 13.9. The molecule has 1 heterocycles. The van der Waals surface area contributed by atoms with Crippen LogP contribution in [0.3, 0.4) is 0 Å². The minimum Gasteiger partial charge on any atom is -0.466 e. The minimum absolute atomic E-state index is 0.00861. The largest absolute Gasteiger partial charge is 0.466 e. The summed E-state index contributed by atoms with van der Waals surface area (Å²) in [5.74, 6) is -2.73. The summed E-state index contributed by atoms with van der Waals surface area (Å²) in [6.07, 6.45) is 29.5. The molecule has 0 aromatic rings. The highest BCUT2D eigenvalue weighted by atomic mass is 16.7. The maximum absolute atomic E-state index is 13.9. The number of unbranched alkanes of at least 4 members (excludes halogenated alkanes) is 23. The smallest absolute Gasteiger partial charge is 0.350 e. The Morgan fingerprint density at radius 3 is 1.09 bits per heavy atom. The van der Waals surface area contributed by atoms with Crippen LogP contribution in [-0.4, -0.2) is 60.6 Å². The molecule has 0 spiro atoms. The van der Waals surface area contributed by atoms with Gasteiger partial charge in [0.1, 0.15) is 0 Å². The van der Waals surface area contributed by atoms with Crippen LogP contribution in [0.5, 0.6) is 0 Å². The van der Waals surface area contributed by atoms with Crippen LogP contribution in [0.4, 0.5) is 0 Å². The lowest BCUT2D eigenvalue weighted by Crippen LogP contribution is -2.46. The predicted octanol–water partition coefficient (Wildman–Crippen LogP) is 11.8. The van der Waals surface area contributed by atoms with Crippen molar-refractivity contribution in [2.24, 2.45) is 5.41 Å². The second-order valence-electron chi connectivity index (χ2n) is 16.5. The van der Waals surface area contributed by atoms with E-state index in [0.29, 0.717) is 50.4 Å². The molecule has 58 heavy (non-hydrogen) atoms. The average Bonchev–Trinajstić information content (AvgIpc) is 3.52. The van der Waals surface area contributed by atoms with Gasteiger partial charge in [-0.25, -0.2) is 4.79 Å². The summed E-state index contributed by atoms with van der Waals surface area (Å²) in [6, 6.07) is 0. The summed E-state index contributed by atoms with van der Waals surface area (Å²) in [4.78, 5) is 81.4. The first-order chi connectivity index (χ1) is 28.2. The molecule has 1 aliphatic rings. The van der Waals surface area contributed by atoms with Crippen LogP contribution in [0, 0.1) is 5.41 Å². The molecule has 336 valence electrons. The summed E-state index contributed by atoms with van der Waals surface area (Å²) in [6.45, 7) is 7.44. The molecule has 2 amide bonds. The lowest BCUT2D eigenvalue weighted by atomic mass is 9.77. The lowest BCUT2D eigenvalue weighted by Gasteiger charge is -2.30. The Morgan fingerprint density at radius 1 is 0.431 bits per heavy atom. The number of hydrogen-bond donors (Lipinski definition) is 0. The van der Waals surface area contributed by atoms with Crippen molar-refractivity contribution in [2.75, 3.05) is 19.8 Å². The lowest BCUT2D eigenvalue weighted by molar-refractivity contribution is -0.209. The fraction of sp³-hybridized carbons (Fsp3) is 0.872. The van der Waals surface area contributed by atoms with Crippen molar-refractivity contribution in [3.05, 3.63) is 0 Å². The molecule has 0 aromatic heterocycles. The zero-order valence-corrected chi connectivity index (χ0v) is 37.2. The average molecular weight is 822 g/mol. The quantitative estimate of drug-likeness (QED) is 0.0193. The van der Waals surface area contributed by atoms with E-state index in [1.54, 1.807) is 0 Å². The monoisotopic (exact) mass is 822 g/mol. The van der Waals surface area contributed by atoms with E-state index < -0.39 is 29.2 Å². The zero-order valence-electron chi connectivity index (χ0n) is 37.2. The zero-order chi connectivity index (χ0) is 42.5. The molecule has 1 fully saturated rings. The molecular formula is C47H83NO10. The normalized spacial score (nSPS) is 12.9. The first-order valence-corrected chi connectivity index (χ1v) is 23.8. The van der Waals surface area contributed by atoms with Crippen molar-refractivity contribution in [3.63, 3.8) is 0 Å². The van der Waals surface area contributed by atoms with Gasteiger partial charge in [-0.3, -0.25) is 24.0 Å². The van der Waals surface area contributed by atoms with E-state index in [1.807, 2.05) is 6.92 Å². The van der Waals surface area contributed by atoms with E-state index in [-0.39, 0.29) is 44.2 Å². The van der Waals surface area contributed by atoms with E-state index in [9.17, 15) is 28.8 Å². The summed E-state index contributed by atoms with van der Waals surface area (Å²) in [5, 5.41) is 0.557. The Labute approximate surface area is 352 Å². The molecule has 0 bridgehead atoms. The van der Waals surface area contributed by atoms with Gasteiger partial charge in [0.2, 0.25) is 0 Å².